The van der Waals surface area contributed by atoms with Gasteiger partial charge in [-0.3, -0.25) is 4.57 Å². The fourth-order valence-corrected chi connectivity index (χ4v) is 5.07. The molecule has 0 aliphatic carbocycles. The van der Waals surface area contributed by atoms with E-state index in [9.17, 15) is 10.2 Å². The molecule has 3 aromatic heterocycles. The Bertz CT molecular complexity index is 1540. The predicted molar refractivity (Wildman–Crippen MR) is 133 cm³/mol. The van der Waals surface area contributed by atoms with Gasteiger partial charge in [0.25, 0.3) is 0 Å². The van der Waals surface area contributed by atoms with Gasteiger partial charge in [0.05, 0.1) is 12.9 Å². The van der Waals surface area contributed by atoms with Gasteiger partial charge in [-0.25, -0.2) is 15.0 Å². The van der Waals surface area contributed by atoms with Crippen molar-refractivity contribution in [3.05, 3.63) is 60.7 Å². The Labute approximate surface area is 201 Å². The minimum Gasteiger partial charge on any atom is -0.385 e. The second-order valence-electron chi connectivity index (χ2n) is 9.11. The zero-order chi connectivity index (χ0) is 24.2. The average molecular weight is 474 g/mol. The van der Waals surface area contributed by atoms with E-state index in [2.05, 4.69) is 74.2 Å². The number of aliphatic hydroxyl groups excluding tert-OH is 1. The quantitative estimate of drug-likeness (QED) is 0.273. The van der Waals surface area contributed by atoms with Crippen molar-refractivity contribution in [1.82, 2.24) is 29.4 Å². The maximum absolute atomic E-state index is 11.3. The van der Waals surface area contributed by atoms with Gasteiger partial charge in [0.2, 0.25) is 0 Å². The third-order valence-corrected chi connectivity index (χ3v) is 6.90. The number of rotatable bonds is 6. The number of hydrogen-bond donors (Lipinski definition) is 4. The van der Waals surface area contributed by atoms with E-state index in [0.29, 0.717) is 24.3 Å². The molecular formula is C25H27N7O3. The van der Waals surface area contributed by atoms with Gasteiger partial charge in [0.1, 0.15) is 24.1 Å². The highest BCUT2D eigenvalue weighted by Crippen LogP contribution is 2.32. The summed E-state index contributed by atoms with van der Waals surface area (Å²) in [6.45, 7) is 3.81. The molecule has 5 aromatic rings. The molecule has 0 radical (unpaired) electrons. The summed E-state index contributed by atoms with van der Waals surface area (Å²) in [6.07, 6.45) is 0.926. The van der Waals surface area contributed by atoms with Crippen LogP contribution >= 0.6 is 0 Å². The first-order valence-electron chi connectivity index (χ1n) is 11.6. The molecule has 10 heteroatoms. The van der Waals surface area contributed by atoms with Crippen molar-refractivity contribution < 1.29 is 14.9 Å². The number of fused-ring (bicyclic) bond motifs is 4. The Kier molecular flexibility index (Phi) is 5.19. The second-order valence-corrected chi connectivity index (χ2v) is 9.11. The monoisotopic (exact) mass is 473 g/mol. The number of aryl methyl sites for hydroxylation is 1. The van der Waals surface area contributed by atoms with E-state index in [1.807, 2.05) is 0 Å². The minimum absolute atomic E-state index is 0.0951. The van der Waals surface area contributed by atoms with Crippen LogP contribution in [-0.2, 0) is 17.0 Å². The fourth-order valence-electron chi connectivity index (χ4n) is 5.07. The average Bonchev–Trinajstić information content (AvgIpc) is 3.52. The molecule has 3 atom stereocenters. The largest absolute Gasteiger partial charge is 0.385 e. The Morgan fingerprint density at radius 2 is 1.97 bits per heavy atom. The van der Waals surface area contributed by atoms with E-state index < -0.39 is 17.9 Å². The Morgan fingerprint density at radius 1 is 1.14 bits per heavy atom. The number of nitrogen functional groups attached to an aromatic ring is 1. The van der Waals surface area contributed by atoms with Gasteiger partial charge >= 0.3 is 0 Å². The molecule has 2 aromatic carbocycles. The van der Waals surface area contributed by atoms with Crippen LogP contribution in [0.4, 0.5) is 5.82 Å². The number of benzene rings is 2. The van der Waals surface area contributed by atoms with Gasteiger partial charge in [-0.1, -0.05) is 29.8 Å². The SMILES string of the molecule is Cc1ccc2c(c1)c1ccccc1n2CCNCC1OCC(O)(n2cnc3c(N)ncnc32)C1O. The van der Waals surface area contributed by atoms with Crippen molar-refractivity contribution in [2.24, 2.45) is 0 Å². The second kappa shape index (κ2) is 8.28. The molecule has 5 N–H and O–H groups in total. The zero-order valence-electron chi connectivity index (χ0n) is 19.3. The number of hydrogen-bond acceptors (Lipinski definition) is 8. The molecule has 0 spiro atoms. The predicted octanol–water partition coefficient (Wildman–Crippen LogP) is 1.52. The first-order chi connectivity index (χ1) is 17.0. The summed E-state index contributed by atoms with van der Waals surface area (Å²) in [7, 11) is 0. The van der Waals surface area contributed by atoms with Crippen LogP contribution in [0.25, 0.3) is 33.0 Å². The lowest BCUT2D eigenvalue weighted by Crippen LogP contribution is -2.48. The molecule has 0 bridgehead atoms. The first-order valence-corrected chi connectivity index (χ1v) is 11.6. The summed E-state index contributed by atoms with van der Waals surface area (Å²) in [5.74, 6) is 0.212. The summed E-state index contributed by atoms with van der Waals surface area (Å²) in [6, 6.07) is 14.9. The van der Waals surface area contributed by atoms with Gasteiger partial charge in [0, 0.05) is 41.4 Å². The van der Waals surface area contributed by atoms with Crippen LogP contribution in [0, 0.1) is 6.92 Å². The number of aromatic nitrogens is 5. The molecule has 1 saturated heterocycles. The highest BCUT2D eigenvalue weighted by atomic mass is 16.5. The van der Waals surface area contributed by atoms with Crippen LogP contribution in [0.5, 0.6) is 0 Å². The van der Waals surface area contributed by atoms with Crippen molar-refractivity contribution >= 4 is 38.8 Å². The van der Waals surface area contributed by atoms with Crippen LogP contribution in [0.15, 0.2) is 55.1 Å². The van der Waals surface area contributed by atoms with Crippen LogP contribution < -0.4 is 11.1 Å². The van der Waals surface area contributed by atoms with Crippen LogP contribution in [0.3, 0.4) is 0 Å². The fraction of sp³-hybridized carbons (Fsp3) is 0.320. The van der Waals surface area contributed by atoms with Crippen molar-refractivity contribution in [2.75, 3.05) is 25.4 Å². The molecule has 0 amide bonds. The van der Waals surface area contributed by atoms with Gasteiger partial charge in [0.15, 0.2) is 17.2 Å². The van der Waals surface area contributed by atoms with Gasteiger partial charge in [-0.05, 0) is 25.1 Å². The van der Waals surface area contributed by atoms with E-state index >= 15 is 0 Å². The normalized spacial score (nSPS) is 22.6. The Morgan fingerprint density at radius 3 is 2.86 bits per heavy atom. The summed E-state index contributed by atoms with van der Waals surface area (Å²) in [5.41, 5.74) is 8.49. The van der Waals surface area contributed by atoms with Gasteiger partial charge in [-0.15, -0.1) is 0 Å². The number of aliphatic hydroxyl groups is 2. The summed E-state index contributed by atoms with van der Waals surface area (Å²) in [5, 5.41) is 28.1. The molecule has 10 nitrogen and oxygen atoms in total. The molecule has 4 heterocycles. The van der Waals surface area contributed by atoms with Crippen LogP contribution in [0.2, 0.25) is 0 Å². The molecule has 1 aliphatic heterocycles. The molecule has 3 unspecified atom stereocenters. The Hall–Kier alpha value is -3.57. The lowest BCUT2D eigenvalue weighted by molar-refractivity contribution is -0.107. The first kappa shape index (κ1) is 21.9. The number of nitrogens with two attached hydrogens (primary N) is 1. The minimum atomic E-state index is -1.70. The molecule has 1 fully saturated rings. The standard InChI is InChI=1S/C25H27N7O3/c1-15-6-7-19-17(10-15)16-4-2-3-5-18(16)31(19)9-8-27-11-20-22(33)25(34,12-35-20)32-14-30-21-23(26)28-13-29-24(21)32/h2-7,10,13-14,20,22,27,33-34H,8-9,11-12H2,1H3,(H2,26,28,29). The zero-order valence-corrected chi connectivity index (χ0v) is 19.3. The molecule has 6 rings (SSSR count). The van der Waals surface area contributed by atoms with Crippen molar-refractivity contribution in [3.8, 4) is 0 Å². The van der Waals surface area contributed by atoms with E-state index in [1.165, 1.54) is 44.6 Å². The van der Waals surface area contributed by atoms with Crippen molar-refractivity contribution in [2.45, 2.75) is 31.4 Å². The highest BCUT2D eigenvalue weighted by molar-refractivity contribution is 6.08. The summed E-state index contributed by atoms with van der Waals surface area (Å²) in [4.78, 5) is 12.3. The molecule has 35 heavy (non-hydrogen) atoms. The lowest BCUT2D eigenvalue weighted by atomic mass is 10.1. The smallest absolute Gasteiger partial charge is 0.197 e. The number of imidazole rings is 1. The topological polar surface area (TPSA) is 136 Å². The van der Waals surface area contributed by atoms with E-state index in [1.54, 1.807) is 0 Å². The summed E-state index contributed by atoms with van der Waals surface area (Å²) >= 11 is 0. The molecule has 0 saturated carbocycles. The maximum atomic E-state index is 11.3. The van der Waals surface area contributed by atoms with Gasteiger partial charge in [-0.2, -0.15) is 0 Å². The number of para-hydroxylation sites is 1. The molecule has 180 valence electrons. The van der Waals surface area contributed by atoms with Crippen molar-refractivity contribution in [3.63, 3.8) is 0 Å². The Balaban J connectivity index is 1.16. The molecule has 1 aliphatic rings. The third-order valence-electron chi connectivity index (χ3n) is 6.90. The third kappa shape index (κ3) is 3.45. The number of nitrogens with one attached hydrogen (secondary N) is 1. The number of anilines is 1. The summed E-state index contributed by atoms with van der Waals surface area (Å²) < 4.78 is 9.50. The van der Waals surface area contributed by atoms with E-state index in [-0.39, 0.29) is 12.4 Å². The maximum Gasteiger partial charge on any atom is 0.197 e. The van der Waals surface area contributed by atoms with Crippen molar-refractivity contribution in [1.29, 1.82) is 0 Å². The number of nitrogens with zero attached hydrogens (tertiary/aromatic N) is 5. The van der Waals surface area contributed by atoms with Crippen LogP contribution in [0.1, 0.15) is 5.56 Å². The molecular weight excluding hydrogens is 446 g/mol. The number of ether oxygens (including phenoxy) is 1. The van der Waals surface area contributed by atoms with E-state index in [0.717, 1.165) is 6.54 Å². The van der Waals surface area contributed by atoms with E-state index in [4.69, 9.17) is 10.5 Å². The highest BCUT2D eigenvalue weighted by Gasteiger charge is 2.50. The lowest BCUT2D eigenvalue weighted by Gasteiger charge is -2.28. The van der Waals surface area contributed by atoms with Crippen LogP contribution in [-0.4, -0.2) is 66.2 Å². The van der Waals surface area contributed by atoms with Gasteiger partial charge < -0.3 is 30.6 Å².